The Morgan fingerprint density at radius 3 is 2.31 bits per heavy atom. The summed E-state index contributed by atoms with van der Waals surface area (Å²) in [5.41, 5.74) is 3.48. The number of carbonyl (C=O) groups is 1. The van der Waals surface area contributed by atoms with Gasteiger partial charge in [-0.15, -0.1) is 5.10 Å². The number of benzene rings is 2. The number of ether oxygens (including phenoxy) is 1. The second-order valence-electron chi connectivity index (χ2n) is 8.19. The molecule has 0 radical (unpaired) electrons. The summed E-state index contributed by atoms with van der Waals surface area (Å²) >= 11 is 0. The first kappa shape index (κ1) is 20.7. The van der Waals surface area contributed by atoms with Crippen molar-refractivity contribution < 1.29 is 9.53 Å². The molecule has 8 nitrogen and oxygen atoms in total. The molecule has 2 fully saturated rings. The summed E-state index contributed by atoms with van der Waals surface area (Å²) in [4.78, 5) is 23.6. The van der Waals surface area contributed by atoms with Crippen LogP contribution in [0.4, 0.5) is 10.5 Å². The zero-order chi connectivity index (χ0) is 21.8. The van der Waals surface area contributed by atoms with Crippen LogP contribution in [0.15, 0.2) is 60.9 Å². The number of piperazine rings is 1. The topological polar surface area (TPSA) is 66.7 Å². The van der Waals surface area contributed by atoms with E-state index in [4.69, 9.17) is 4.74 Å². The number of morpholine rings is 1. The fraction of sp³-hybridized carbons (Fsp3) is 0.375. The predicted octanol–water partition coefficient (Wildman–Crippen LogP) is 2.57. The number of nitrogens with zero attached hydrogens (tertiary/aromatic N) is 6. The number of hydrogen-bond acceptors (Lipinski definition) is 6. The Morgan fingerprint density at radius 1 is 0.875 bits per heavy atom. The number of amides is 1. The van der Waals surface area contributed by atoms with Crippen molar-refractivity contribution in [3.05, 3.63) is 66.5 Å². The van der Waals surface area contributed by atoms with Crippen molar-refractivity contribution in [1.82, 2.24) is 24.6 Å². The summed E-state index contributed by atoms with van der Waals surface area (Å²) in [5, 5.41) is 4.40. The molecule has 2 aliphatic heterocycles. The van der Waals surface area contributed by atoms with E-state index in [0.29, 0.717) is 32.1 Å². The monoisotopic (exact) mass is 432 g/mol. The lowest BCUT2D eigenvalue weighted by Crippen LogP contribution is -2.45. The smallest absolute Gasteiger partial charge is 0.346 e. The molecule has 5 rings (SSSR count). The van der Waals surface area contributed by atoms with Gasteiger partial charge in [0.25, 0.3) is 0 Å². The highest BCUT2D eigenvalue weighted by atomic mass is 16.5. The second-order valence-corrected chi connectivity index (χ2v) is 8.19. The third-order valence-electron chi connectivity index (χ3n) is 6.08. The van der Waals surface area contributed by atoms with Gasteiger partial charge in [0.1, 0.15) is 6.33 Å². The molecule has 1 aromatic heterocycles. The van der Waals surface area contributed by atoms with E-state index in [1.807, 2.05) is 12.1 Å². The fourth-order valence-corrected chi connectivity index (χ4v) is 4.21. The number of rotatable bonds is 4. The molecule has 3 aromatic rings. The zero-order valence-corrected chi connectivity index (χ0v) is 18.1. The lowest BCUT2D eigenvalue weighted by molar-refractivity contribution is 0.0528. The summed E-state index contributed by atoms with van der Waals surface area (Å²) in [7, 11) is 0. The molecule has 2 aliphatic rings. The van der Waals surface area contributed by atoms with Gasteiger partial charge in [-0.3, -0.25) is 4.90 Å². The molecule has 8 heteroatoms. The van der Waals surface area contributed by atoms with Crippen LogP contribution in [0.2, 0.25) is 0 Å². The van der Waals surface area contributed by atoms with Crippen molar-refractivity contribution in [2.24, 2.45) is 0 Å². The molecule has 0 bridgehead atoms. The molecule has 1 amide bonds. The first-order chi connectivity index (χ1) is 15.8. The van der Waals surface area contributed by atoms with E-state index in [9.17, 15) is 4.79 Å². The maximum atomic E-state index is 12.6. The van der Waals surface area contributed by atoms with Gasteiger partial charge in [0, 0.05) is 57.1 Å². The summed E-state index contributed by atoms with van der Waals surface area (Å²) < 4.78 is 6.63. The van der Waals surface area contributed by atoms with Crippen LogP contribution in [-0.4, -0.2) is 83.1 Å². The van der Waals surface area contributed by atoms with Crippen molar-refractivity contribution in [3.8, 4) is 11.4 Å². The van der Waals surface area contributed by atoms with E-state index in [1.54, 1.807) is 4.90 Å². The van der Waals surface area contributed by atoms with Crippen LogP contribution < -0.4 is 4.90 Å². The van der Waals surface area contributed by atoms with Gasteiger partial charge in [0.15, 0.2) is 5.82 Å². The van der Waals surface area contributed by atoms with Gasteiger partial charge in [-0.05, 0) is 29.8 Å². The highest BCUT2D eigenvalue weighted by Crippen LogP contribution is 2.22. The van der Waals surface area contributed by atoms with Gasteiger partial charge < -0.3 is 14.5 Å². The van der Waals surface area contributed by atoms with Crippen molar-refractivity contribution in [1.29, 1.82) is 0 Å². The third-order valence-corrected chi connectivity index (χ3v) is 6.08. The Labute approximate surface area is 188 Å². The highest BCUT2D eigenvalue weighted by molar-refractivity contribution is 5.76. The Balaban J connectivity index is 1.18. The van der Waals surface area contributed by atoms with Crippen LogP contribution in [0.1, 0.15) is 5.56 Å². The summed E-state index contributed by atoms with van der Waals surface area (Å²) in [6.45, 7) is 7.41. The van der Waals surface area contributed by atoms with Gasteiger partial charge in [0.05, 0.1) is 13.2 Å². The van der Waals surface area contributed by atoms with Gasteiger partial charge in [0.2, 0.25) is 0 Å². The van der Waals surface area contributed by atoms with Gasteiger partial charge in [-0.1, -0.05) is 30.3 Å². The van der Waals surface area contributed by atoms with Gasteiger partial charge >= 0.3 is 6.03 Å². The molecule has 0 spiro atoms. The Bertz CT molecular complexity index is 1020. The van der Waals surface area contributed by atoms with Gasteiger partial charge in [-0.2, -0.15) is 4.68 Å². The Hall–Kier alpha value is -3.23. The van der Waals surface area contributed by atoms with Crippen molar-refractivity contribution in [2.45, 2.75) is 6.54 Å². The van der Waals surface area contributed by atoms with E-state index >= 15 is 0 Å². The lowest BCUT2D eigenvalue weighted by Gasteiger charge is -2.36. The average molecular weight is 433 g/mol. The molecular formula is C24H28N6O2. The SMILES string of the molecule is O=C(N1CCOCC1)n1cnc(-c2ccc(N3CCN(Cc4ccccc4)CC3)cc2)n1. The maximum absolute atomic E-state index is 12.6. The van der Waals surface area contributed by atoms with E-state index in [2.05, 4.69) is 62.3 Å². The van der Waals surface area contributed by atoms with Crippen LogP contribution in [-0.2, 0) is 11.3 Å². The molecule has 2 aromatic carbocycles. The molecule has 166 valence electrons. The van der Waals surface area contributed by atoms with E-state index in [-0.39, 0.29) is 6.03 Å². The normalized spacial score (nSPS) is 17.5. The van der Waals surface area contributed by atoms with Crippen LogP contribution in [0.25, 0.3) is 11.4 Å². The Kier molecular flexibility index (Phi) is 6.13. The van der Waals surface area contributed by atoms with E-state index < -0.39 is 0 Å². The molecule has 0 atom stereocenters. The van der Waals surface area contributed by atoms with Crippen LogP contribution in [0.3, 0.4) is 0 Å². The summed E-state index contributed by atoms with van der Waals surface area (Å²) in [6.07, 6.45) is 1.49. The first-order valence-corrected chi connectivity index (χ1v) is 11.2. The molecule has 32 heavy (non-hydrogen) atoms. The average Bonchev–Trinajstić information content (AvgIpc) is 3.36. The van der Waals surface area contributed by atoms with Crippen LogP contribution >= 0.6 is 0 Å². The van der Waals surface area contributed by atoms with E-state index in [0.717, 1.165) is 38.3 Å². The minimum absolute atomic E-state index is 0.156. The molecule has 0 saturated carbocycles. The van der Waals surface area contributed by atoms with Crippen LogP contribution in [0.5, 0.6) is 0 Å². The molecule has 0 aliphatic carbocycles. The second kappa shape index (κ2) is 9.50. The molecule has 0 unspecified atom stereocenters. The van der Waals surface area contributed by atoms with Crippen LogP contribution in [0, 0.1) is 0 Å². The number of carbonyl (C=O) groups excluding carboxylic acids is 1. The maximum Gasteiger partial charge on any atom is 0.346 e. The summed E-state index contributed by atoms with van der Waals surface area (Å²) in [6, 6.07) is 18.8. The largest absolute Gasteiger partial charge is 0.378 e. The number of anilines is 1. The molecule has 0 N–H and O–H groups in total. The lowest BCUT2D eigenvalue weighted by atomic mass is 10.1. The minimum atomic E-state index is -0.156. The fourth-order valence-electron chi connectivity index (χ4n) is 4.21. The molecular weight excluding hydrogens is 404 g/mol. The zero-order valence-electron chi connectivity index (χ0n) is 18.1. The molecule has 3 heterocycles. The van der Waals surface area contributed by atoms with Crippen molar-refractivity contribution in [2.75, 3.05) is 57.4 Å². The number of aromatic nitrogens is 3. The van der Waals surface area contributed by atoms with Crippen molar-refractivity contribution >= 4 is 11.7 Å². The standard InChI is InChI=1S/C24H28N6O2/c31-24(29-14-16-32-17-15-29)30-19-25-23(26-30)21-6-8-22(9-7-21)28-12-10-27(11-13-28)18-20-4-2-1-3-5-20/h1-9,19H,10-18H2. The highest BCUT2D eigenvalue weighted by Gasteiger charge is 2.21. The number of hydrogen-bond donors (Lipinski definition) is 0. The molecule has 2 saturated heterocycles. The first-order valence-electron chi connectivity index (χ1n) is 11.2. The summed E-state index contributed by atoms with van der Waals surface area (Å²) in [5.74, 6) is 0.561. The Morgan fingerprint density at radius 2 is 1.59 bits per heavy atom. The van der Waals surface area contributed by atoms with Crippen molar-refractivity contribution in [3.63, 3.8) is 0 Å². The van der Waals surface area contributed by atoms with E-state index in [1.165, 1.54) is 22.3 Å². The third kappa shape index (κ3) is 4.66. The minimum Gasteiger partial charge on any atom is -0.378 e. The van der Waals surface area contributed by atoms with Gasteiger partial charge in [-0.25, -0.2) is 9.78 Å². The predicted molar refractivity (Wildman–Crippen MR) is 123 cm³/mol. The quantitative estimate of drug-likeness (QED) is 0.631.